The maximum Gasteiger partial charge on any atom is 0.330 e. The highest BCUT2D eigenvalue weighted by atomic mass is 32.1. The van der Waals surface area contributed by atoms with Gasteiger partial charge in [0.1, 0.15) is 16.5 Å². The largest absolute Gasteiger partial charge is 0.383 e. The minimum atomic E-state index is -0.513. The maximum absolute atomic E-state index is 12.0. The number of anilines is 2. The van der Waals surface area contributed by atoms with Gasteiger partial charge in [-0.1, -0.05) is 13.8 Å². The lowest BCUT2D eigenvalue weighted by Gasteiger charge is -2.17. The van der Waals surface area contributed by atoms with Gasteiger partial charge in [-0.2, -0.15) is 0 Å². The molecule has 7 nitrogen and oxygen atoms in total. The van der Waals surface area contributed by atoms with Crippen LogP contribution in [0.15, 0.2) is 21.2 Å². The molecule has 0 aromatic carbocycles. The lowest BCUT2D eigenvalue weighted by Crippen LogP contribution is -2.35. The fraction of sp³-hybridized carbons (Fsp3) is 0.462. The first-order chi connectivity index (χ1) is 9.90. The van der Waals surface area contributed by atoms with Gasteiger partial charge >= 0.3 is 5.69 Å². The molecule has 0 saturated carbocycles. The summed E-state index contributed by atoms with van der Waals surface area (Å²) < 4.78 is 1.38. The molecule has 1 atom stereocenters. The number of rotatable bonds is 5. The first-order valence-electron chi connectivity index (χ1n) is 6.68. The molecule has 21 heavy (non-hydrogen) atoms. The summed E-state index contributed by atoms with van der Waals surface area (Å²) in [6.45, 7) is 6.28. The van der Waals surface area contributed by atoms with E-state index >= 15 is 0 Å². The van der Waals surface area contributed by atoms with Crippen molar-refractivity contribution in [1.29, 1.82) is 0 Å². The van der Waals surface area contributed by atoms with Crippen molar-refractivity contribution in [3.05, 3.63) is 37.4 Å². The van der Waals surface area contributed by atoms with Crippen molar-refractivity contribution in [2.75, 3.05) is 11.1 Å². The standard InChI is InChI=1S/C13H19N5O2S/c1-7(2)6-18-10(14)9(11(19)17-13(18)20)16-8(3)12-15-4-5-21-12/h4-5,7-8,16H,6,14H2,1-3H3,(H,17,19,20). The zero-order chi connectivity index (χ0) is 15.6. The summed E-state index contributed by atoms with van der Waals surface area (Å²) in [4.78, 5) is 30.3. The number of H-pyrrole nitrogens is 1. The number of nitrogens with one attached hydrogen (secondary N) is 2. The van der Waals surface area contributed by atoms with Crippen LogP contribution in [0.3, 0.4) is 0 Å². The minimum Gasteiger partial charge on any atom is -0.383 e. The van der Waals surface area contributed by atoms with E-state index in [0.717, 1.165) is 5.01 Å². The predicted octanol–water partition coefficient (Wildman–Crippen LogP) is 1.40. The van der Waals surface area contributed by atoms with Crippen molar-refractivity contribution in [2.45, 2.75) is 33.4 Å². The fourth-order valence-electron chi connectivity index (χ4n) is 2.00. The Labute approximate surface area is 125 Å². The van der Waals surface area contributed by atoms with Crippen molar-refractivity contribution < 1.29 is 0 Å². The molecule has 0 aliphatic rings. The normalized spacial score (nSPS) is 12.6. The second kappa shape index (κ2) is 6.13. The molecule has 2 aromatic rings. The zero-order valence-corrected chi connectivity index (χ0v) is 13.0. The average Bonchev–Trinajstić information content (AvgIpc) is 2.93. The topological polar surface area (TPSA) is 106 Å². The Hall–Kier alpha value is -2.09. The van der Waals surface area contributed by atoms with Gasteiger partial charge in [0.25, 0.3) is 5.56 Å². The molecule has 2 aromatic heterocycles. The lowest BCUT2D eigenvalue weighted by atomic mass is 10.2. The van der Waals surface area contributed by atoms with Crippen LogP contribution in [0.4, 0.5) is 11.5 Å². The summed E-state index contributed by atoms with van der Waals surface area (Å²) in [6, 6.07) is -0.168. The number of aromatic amines is 1. The van der Waals surface area contributed by atoms with Crippen LogP contribution in [0.25, 0.3) is 0 Å². The number of aromatic nitrogens is 3. The highest BCUT2D eigenvalue weighted by molar-refractivity contribution is 7.09. The molecule has 8 heteroatoms. The Morgan fingerprint density at radius 3 is 2.71 bits per heavy atom. The molecule has 4 N–H and O–H groups in total. The van der Waals surface area contributed by atoms with E-state index in [1.807, 2.05) is 26.2 Å². The number of hydrogen-bond acceptors (Lipinski definition) is 6. The van der Waals surface area contributed by atoms with Crippen LogP contribution in [0.2, 0.25) is 0 Å². The van der Waals surface area contributed by atoms with Crippen molar-refractivity contribution in [3.63, 3.8) is 0 Å². The van der Waals surface area contributed by atoms with E-state index in [1.165, 1.54) is 15.9 Å². The average molecular weight is 309 g/mol. The summed E-state index contributed by atoms with van der Waals surface area (Å²) in [5.41, 5.74) is 5.20. The fourth-order valence-corrected chi connectivity index (χ4v) is 2.65. The molecule has 0 fully saturated rings. The second-order valence-electron chi connectivity index (χ2n) is 5.26. The summed E-state index contributed by atoms with van der Waals surface area (Å²) in [5, 5.41) is 5.75. The van der Waals surface area contributed by atoms with Crippen LogP contribution in [0.5, 0.6) is 0 Å². The number of nitrogen functional groups attached to an aromatic ring is 1. The molecule has 2 heterocycles. The summed E-state index contributed by atoms with van der Waals surface area (Å²) in [5.74, 6) is 0.390. The van der Waals surface area contributed by atoms with E-state index in [0.29, 0.717) is 6.54 Å². The van der Waals surface area contributed by atoms with Crippen LogP contribution >= 0.6 is 11.3 Å². The first kappa shape index (κ1) is 15.3. The van der Waals surface area contributed by atoms with E-state index in [4.69, 9.17) is 5.73 Å². The van der Waals surface area contributed by atoms with Gasteiger partial charge in [0.15, 0.2) is 0 Å². The number of thiazole rings is 1. The number of hydrogen-bond donors (Lipinski definition) is 3. The molecule has 1 unspecified atom stereocenters. The molecule has 0 spiro atoms. The van der Waals surface area contributed by atoms with Gasteiger partial charge in [0, 0.05) is 18.1 Å². The Morgan fingerprint density at radius 1 is 1.43 bits per heavy atom. The van der Waals surface area contributed by atoms with Gasteiger partial charge in [-0.25, -0.2) is 9.78 Å². The van der Waals surface area contributed by atoms with Crippen molar-refractivity contribution in [2.24, 2.45) is 5.92 Å². The molecule has 114 valence electrons. The van der Waals surface area contributed by atoms with Crippen LogP contribution in [-0.2, 0) is 6.54 Å². The molecule has 2 rings (SSSR count). The maximum atomic E-state index is 12.0. The van der Waals surface area contributed by atoms with Crippen LogP contribution in [-0.4, -0.2) is 14.5 Å². The van der Waals surface area contributed by atoms with Crippen molar-refractivity contribution in [1.82, 2.24) is 14.5 Å². The smallest absolute Gasteiger partial charge is 0.330 e. The Kier molecular flexibility index (Phi) is 4.46. The third-order valence-corrected chi connectivity index (χ3v) is 3.93. The number of nitrogens with zero attached hydrogens (tertiary/aromatic N) is 2. The van der Waals surface area contributed by atoms with Gasteiger partial charge in [-0.3, -0.25) is 14.3 Å². The van der Waals surface area contributed by atoms with Gasteiger partial charge in [0.05, 0.1) is 6.04 Å². The molecule has 0 aliphatic heterocycles. The summed E-state index contributed by atoms with van der Waals surface area (Å²) >= 11 is 1.48. The van der Waals surface area contributed by atoms with Gasteiger partial charge < -0.3 is 11.1 Å². The third kappa shape index (κ3) is 3.33. The van der Waals surface area contributed by atoms with E-state index < -0.39 is 11.2 Å². The third-order valence-electron chi connectivity index (χ3n) is 2.97. The highest BCUT2D eigenvalue weighted by Gasteiger charge is 2.16. The van der Waals surface area contributed by atoms with Gasteiger partial charge in [-0.05, 0) is 12.8 Å². The quantitative estimate of drug-likeness (QED) is 0.774. The Bertz CT molecular complexity index is 717. The Balaban J connectivity index is 2.39. The Morgan fingerprint density at radius 2 is 2.14 bits per heavy atom. The van der Waals surface area contributed by atoms with Crippen LogP contribution < -0.4 is 22.3 Å². The summed E-state index contributed by atoms with van der Waals surface area (Å²) in [6.07, 6.45) is 1.70. The van der Waals surface area contributed by atoms with Crippen molar-refractivity contribution >= 4 is 22.8 Å². The SMILES string of the molecule is CC(C)Cn1c(N)c(NC(C)c2nccs2)c(=O)[nH]c1=O. The van der Waals surface area contributed by atoms with Crippen molar-refractivity contribution in [3.8, 4) is 0 Å². The molecule has 0 saturated heterocycles. The molecular weight excluding hydrogens is 290 g/mol. The molecule has 0 aliphatic carbocycles. The van der Waals surface area contributed by atoms with E-state index in [9.17, 15) is 9.59 Å². The molecule has 0 bridgehead atoms. The van der Waals surface area contributed by atoms with Gasteiger partial charge in [0.2, 0.25) is 0 Å². The molecule has 0 amide bonds. The molecule has 0 radical (unpaired) electrons. The van der Waals surface area contributed by atoms with E-state index in [-0.39, 0.29) is 23.5 Å². The van der Waals surface area contributed by atoms with E-state index in [1.54, 1.807) is 6.20 Å². The molecular formula is C13H19N5O2S. The first-order valence-corrected chi connectivity index (χ1v) is 7.56. The second-order valence-corrected chi connectivity index (χ2v) is 6.19. The van der Waals surface area contributed by atoms with E-state index in [2.05, 4.69) is 15.3 Å². The van der Waals surface area contributed by atoms with Gasteiger partial charge in [-0.15, -0.1) is 11.3 Å². The minimum absolute atomic E-state index is 0.154. The predicted molar refractivity (Wildman–Crippen MR) is 84.7 cm³/mol. The number of nitrogens with two attached hydrogens (primary N) is 1. The van der Waals surface area contributed by atoms with Crippen LogP contribution in [0, 0.1) is 5.92 Å². The lowest BCUT2D eigenvalue weighted by molar-refractivity contribution is 0.508. The monoisotopic (exact) mass is 309 g/mol. The zero-order valence-electron chi connectivity index (χ0n) is 12.2. The highest BCUT2D eigenvalue weighted by Crippen LogP contribution is 2.21. The van der Waals surface area contributed by atoms with Crippen LogP contribution in [0.1, 0.15) is 31.8 Å². The summed E-state index contributed by atoms with van der Waals surface area (Å²) in [7, 11) is 0.